The van der Waals surface area contributed by atoms with Crippen LogP contribution in [0, 0.1) is 28.6 Å². The van der Waals surface area contributed by atoms with E-state index in [1.165, 1.54) is 18.2 Å². The van der Waals surface area contributed by atoms with Gasteiger partial charge in [0, 0.05) is 16.7 Å². The van der Waals surface area contributed by atoms with Gasteiger partial charge in [0.2, 0.25) is 0 Å². The highest BCUT2D eigenvalue weighted by Gasteiger charge is 2.77. The van der Waals surface area contributed by atoms with E-state index in [9.17, 15) is 29.7 Å². The number of ketones is 2. The van der Waals surface area contributed by atoms with Crippen LogP contribution in [0.15, 0.2) is 23.8 Å². The summed E-state index contributed by atoms with van der Waals surface area (Å²) in [7, 11) is 0. The highest BCUT2D eigenvalue weighted by Crippen LogP contribution is 2.70. The van der Waals surface area contributed by atoms with Crippen molar-refractivity contribution in [3.05, 3.63) is 23.8 Å². The van der Waals surface area contributed by atoms with Gasteiger partial charge in [0.25, 0.3) is 0 Å². The van der Waals surface area contributed by atoms with Gasteiger partial charge in [-0.15, -0.1) is 0 Å². The molecule has 4 aliphatic rings. The first-order valence-electron chi connectivity index (χ1n) is 11.3. The Balaban J connectivity index is 1.85. The molecule has 4 rings (SSSR count). The van der Waals surface area contributed by atoms with Crippen molar-refractivity contribution in [2.24, 2.45) is 28.6 Å². The average molecular weight is 451 g/mol. The molecule has 0 amide bonds. The summed E-state index contributed by atoms with van der Waals surface area (Å²) in [6.07, 6.45) is 3.18. The summed E-state index contributed by atoms with van der Waals surface area (Å²) in [5.74, 6) is -4.56. The standard InChI is InChI=1S/C24H31FO7/c1-4-32-20(30)17-10-16-15-6-5-13-9-14(27)7-8-21(13,2)23(15,25)18(28)11-22(16,3)24(17,31)19(29)12-26/h7-9,15-18,26,28,31H,4-6,10-12H2,1-3H3/t15-,16-,17-,18-,21-,22-,23-,24-/m0/s1. The summed E-state index contributed by atoms with van der Waals surface area (Å²) in [4.78, 5) is 37.6. The lowest BCUT2D eigenvalue weighted by Crippen LogP contribution is -2.69. The highest BCUT2D eigenvalue weighted by molar-refractivity contribution is 6.01. The fraction of sp³-hybridized carbons (Fsp3) is 0.708. The van der Waals surface area contributed by atoms with E-state index in [0.717, 1.165) is 0 Å². The first kappa shape index (κ1) is 23.3. The van der Waals surface area contributed by atoms with Gasteiger partial charge in [0.15, 0.2) is 17.2 Å². The highest BCUT2D eigenvalue weighted by atomic mass is 19.1. The predicted octanol–water partition coefficient (Wildman–Crippen LogP) is 1.44. The van der Waals surface area contributed by atoms with Gasteiger partial charge in [0.1, 0.15) is 12.2 Å². The lowest BCUT2D eigenvalue weighted by Gasteiger charge is -2.62. The Bertz CT molecular complexity index is 927. The van der Waals surface area contributed by atoms with Crippen molar-refractivity contribution in [2.75, 3.05) is 13.2 Å². The summed E-state index contributed by atoms with van der Waals surface area (Å²) in [5, 5.41) is 32.5. The van der Waals surface area contributed by atoms with Crippen molar-refractivity contribution in [3.8, 4) is 0 Å². The van der Waals surface area contributed by atoms with E-state index in [1.807, 2.05) is 0 Å². The van der Waals surface area contributed by atoms with Gasteiger partial charge in [0.05, 0.1) is 18.6 Å². The Hall–Kier alpha value is -1.90. The van der Waals surface area contributed by atoms with Crippen LogP contribution in [-0.4, -0.2) is 63.4 Å². The molecule has 176 valence electrons. The summed E-state index contributed by atoms with van der Waals surface area (Å²) in [5.41, 5.74) is -6.36. The zero-order valence-electron chi connectivity index (χ0n) is 18.6. The number of allylic oxidation sites excluding steroid dienone is 4. The van der Waals surface area contributed by atoms with Crippen LogP contribution in [0.5, 0.6) is 0 Å². The molecule has 8 heteroatoms. The molecule has 0 unspecified atom stereocenters. The van der Waals surface area contributed by atoms with E-state index in [4.69, 9.17) is 4.74 Å². The third-order valence-electron chi connectivity index (χ3n) is 9.04. The number of aliphatic hydroxyl groups is 3. The smallest absolute Gasteiger partial charge is 0.312 e. The maximum Gasteiger partial charge on any atom is 0.312 e. The molecule has 3 saturated carbocycles. The lowest BCUT2D eigenvalue weighted by molar-refractivity contribution is -0.220. The first-order valence-corrected chi connectivity index (χ1v) is 11.3. The number of aliphatic hydroxyl groups excluding tert-OH is 2. The summed E-state index contributed by atoms with van der Waals surface area (Å²) < 4.78 is 22.2. The molecule has 8 atom stereocenters. The van der Waals surface area contributed by atoms with Crippen molar-refractivity contribution < 1.29 is 38.8 Å². The molecule has 0 aromatic carbocycles. The number of carbonyl (C=O) groups excluding carboxylic acids is 3. The molecule has 0 aliphatic heterocycles. The minimum absolute atomic E-state index is 0.0123. The van der Waals surface area contributed by atoms with E-state index in [1.54, 1.807) is 20.8 Å². The second-order valence-corrected chi connectivity index (χ2v) is 10.2. The van der Waals surface area contributed by atoms with Crippen LogP contribution < -0.4 is 0 Å². The third kappa shape index (κ3) is 2.60. The average Bonchev–Trinajstić information content (AvgIpc) is 2.97. The maximum atomic E-state index is 17.1. The first-order chi connectivity index (χ1) is 14.9. The Morgan fingerprint density at radius 1 is 1.28 bits per heavy atom. The predicted molar refractivity (Wildman–Crippen MR) is 111 cm³/mol. The van der Waals surface area contributed by atoms with Crippen molar-refractivity contribution in [2.45, 2.75) is 63.8 Å². The van der Waals surface area contributed by atoms with Crippen molar-refractivity contribution in [1.82, 2.24) is 0 Å². The van der Waals surface area contributed by atoms with Gasteiger partial charge >= 0.3 is 5.97 Å². The molecule has 4 aliphatic carbocycles. The number of Topliss-reactive ketones (excluding diaryl/α,β-unsaturated/α-hetero) is 1. The molecule has 0 bridgehead atoms. The second-order valence-electron chi connectivity index (χ2n) is 10.2. The van der Waals surface area contributed by atoms with E-state index in [-0.39, 0.29) is 25.2 Å². The van der Waals surface area contributed by atoms with Crippen molar-refractivity contribution >= 4 is 17.5 Å². The molecule has 0 spiro atoms. The second kappa shape index (κ2) is 7.30. The van der Waals surface area contributed by atoms with Gasteiger partial charge in [-0.3, -0.25) is 14.4 Å². The zero-order valence-corrected chi connectivity index (χ0v) is 18.6. The fourth-order valence-corrected chi connectivity index (χ4v) is 7.40. The lowest BCUT2D eigenvalue weighted by atomic mass is 9.44. The largest absolute Gasteiger partial charge is 0.466 e. The molecule has 0 aromatic rings. The van der Waals surface area contributed by atoms with Crippen molar-refractivity contribution in [1.29, 1.82) is 0 Å². The molecule has 3 fully saturated rings. The van der Waals surface area contributed by atoms with Crippen LogP contribution in [0.2, 0.25) is 0 Å². The molecule has 0 aromatic heterocycles. The molecule has 32 heavy (non-hydrogen) atoms. The molecule has 0 saturated heterocycles. The number of alkyl halides is 1. The van der Waals surface area contributed by atoms with Crippen LogP contribution >= 0.6 is 0 Å². The Morgan fingerprint density at radius 2 is 1.97 bits per heavy atom. The zero-order chi connectivity index (χ0) is 23.7. The van der Waals surface area contributed by atoms with E-state index in [2.05, 4.69) is 0 Å². The minimum atomic E-state index is -2.28. The minimum Gasteiger partial charge on any atom is -0.466 e. The monoisotopic (exact) mass is 450 g/mol. The maximum absolute atomic E-state index is 17.1. The van der Waals surface area contributed by atoms with Crippen LogP contribution in [0.3, 0.4) is 0 Å². The van der Waals surface area contributed by atoms with Gasteiger partial charge in [-0.1, -0.05) is 18.6 Å². The molecule has 3 N–H and O–H groups in total. The fourth-order valence-electron chi connectivity index (χ4n) is 7.40. The summed E-state index contributed by atoms with van der Waals surface area (Å²) in [6.45, 7) is 3.94. The van der Waals surface area contributed by atoms with Gasteiger partial charge in [-0.05, 0) is 57.6 Å². The number of rotatable bonds is 4. The number of esters is 1. The topological polar surface area (TPSA) is 121 Å². The number of fused-ring (bicyclic) bond motifs is 5. The third-order valence-corrected chi connectivity index (χ3v) is 9.04. The summed E-state index contributed by atoms with van der Waals surface area (Å²) >= 11 is 0. The van der Waals surface area contributed by atoms with Crippen LogP contribution in [0.4, 0.5) is 4.39 Å². The Kier molecular flexibility index (Phi) is 5.31. The summed E-state index contributed by atoms with van der Waals surface area (Å²) in [6, 6.07) is 0. The van der Waals surface area contributed by atoms with Crippen LogP contribution in [0.1, 0.15) is 46.5 Å². The molecule has 0 radical (unpaired) electrons. The van der Waals surface area contributed by atoms with Gasteiger partial charge < -0.3 is 20.1 Å². The van der Waals surface area contributed by atoms with Crippen LogP contribution in [-0.2, 0) is 19.1 Å². The van der Waals surface area contributed by atoms with E-state index >= 15 is 4.39 Å². The Morgan fingerprint density at radius 3 is 2.59 bits per heavy atom. The number of halogens is 1. The number of hydrogen-bond acceptors (Lipinski definition) is 7. The van der Waals surface area contributed by atoms with Crippen LogP contribution in [0.25, 0.3) is 0 Å². The number of ether oxygens (including phenoxy) is 1. The van der Waals surface area contributed by atoms with Gasteiger partial charge in [-0.25, -0.2) is 4.39 Å². The SMILES string of the molecule is CCOC(=O)[C@@H]1C[C@H]2[C@@H]3CCC4=CC(=O)C=C[C@]4(C)[C@@]3(F)[C@@H](O)C[C@]2(C)[C@@]1(O)C(=O)CO. The molecule has 0 heterocycles. The molecular weight excluding hydrogens is 419 g/mol. The Labute approximate surface area is 186 Å². The quantitative estimate of drug-likeness (QED) is 0.554. The number of hydrogen-bond donors (Lipinski definition) is 3. The number of carbonyl (C=O) groups is 3. The van der Waals surface area contributed by atoms with E-state index in [0.29, 0.717) is 18.4 Å². The van der Waals surface area contributed by atoms with Crippen molar-refractivity contribution in [3.63, 3.8) is 0 Å². The normalized spacial score (nSPS) is 47.2. The van der Waals surface area contributed by atoms with Gasteiger partial charge in [-0.2, -0.15) is 0 Å². The molecular formula is C24H31FO7. The van der Waals surface area contributed by atoms with E-state index < -0.39 is 64.3 Å². The molecule has 7 nitrogen and oxygen atoms in total.